The quantitative estimate of drug-likeness (QED) is 0.557. The summed E-state index contributed by atoms with van der Waals surface area (Å²) in [6.07, 6.45) is 0.694. The van der Waals surface area contributed by atoms with Gasteiger partial charge in [-0.3, -0.25) is 9.59 Å². The summed E-state index contributed by atoms with van der Waals surface area (Å²) in [7, 11) is 1.27. The molecule has 0 bridgehead atoms. The number of nitrogens with one attached hydrogen (secondary N) is 1. The van der Waals surface area contributed by atoms with Crippen LogP contribution in [0.4, 0.5) is 5.69 Å². The first-order valence-corrected chi connectivity index (χ1v) is 7.83. The van der Waals surface area contributed by atoms with Crippen LogP contribution in [0.25, 0.3) is 0 Å². The van der Waals surface area contributed by atoms with E-state index >= 15 is 0 Å². The first kappa shape index (κ1) is 19.6. The van der Waals surface area contributed by atoms with Crippen LogP contribution in [0.3, 0.4) is 0 Å². The highest BCUT2D eigenvalue weighted by atomic mass is 16.6. The van der Waals surface area contributed by atoms with Gasteiger partial charge in [0, 0.05) is 11.3 Å². The molecule has 0 heterocycles. The van der Waals surface area contributed by atoms with E-state index in [1.807, 2.05) is 0 Å². The van der Waals surface area contributed by atoms with Crippen molar-refractivity contribution in [2.75, 3.05) is 25.6 Å². The molecule has 0 aromatic heterocycles. The van der Waals surface area contributed by atoms with Crippen LogP contribution in [-0.2, 0) is 19.1 Å². The number of hydrogen-bond acceptors (Lipinski definition) is 7. The summed E-state index contributed by atoms with van der Waals surface area (Å²) in [5, 5.41) is 2.53. The fourth-order valence-corrected chi connectivity index (χ4v) is 1.98. The van der Waals surface area contributed by atoms with Crippen molar-refractivity contribution in [1.29, 1.82) is 0 Å². The molecule has 0 saturated carbocycles. The average Bonchev–Trinajstić information content (AvgIpc) is 2.71. The minimum absolute atomic E-state index is 0.347. The summed E-state index contributed by atoms with van der Waals surface area (Å²) in [5.41, 5.74) is 1.27. The maximum atomic E-state index is 11.8. The predicted octanol–water partition coefficient (Wildman–Crippen LogP) is 1.85. The molecule has 0 aliphatic heterocycles. The maximum Gasteiger partial charge on any atom is 0.344 e. The zero-order valence-electron chi connectivity index (χ0n) is 14.5. The molecule has 0 spiro atoms. The Morgan fingerprint density at radius 2 is 1.63 bits per heavy atom. The third-order valence-electron chi connectivity index (χ3n) is 3.33. The number of aldehydes is 1. The molecule has 2 aromatic carbocycles. The molecule has 0 atom stereocenters. The van der Waals surface area contributed by atoms with E-state index in [9.17, 15) is 19.2 Å². The van der Waals surface area contributed by atoms with Gasteiger partial charge in [0.1, 0.15) is 12.0 Å². The van der Waals surface area contributed by atoms with Crippen molar-refractivity contribution in [2.24, 2.45) is 0 Å². The molecule has 8 heteroatoms. The normalized spacial score (nSPS) is 9.81. The van der Waals surface area contributed by atoms with E-state index in [0.29, 0.717) is 28.8 Å². The number of ether oxygens (including phenoxy) is 3. The Bertz CT molecular complexity index is 813. The summed E-state index contributed by atoms with van der Waals surface area (Å²) < 4.78 is 14.6. The lowest BCUT2D eigenvalue weighted by molar-refractivity contribution is -0.149. The second kappa shape index (κ2) is 9.71. The van der Waals surface area contributed by atoms with E-state index in [-0.39, 0.29) is 6.61 Å². The molecule has 2 rings (SSSR count). The van der Waals surface area contributed by atoms with Crippen LogP contribution in [0.15, 0.2) is 48.5 Å². The number of esters is 2. The number of benzene rings is 2. The number of rotatable bonds is 8. The molecule has 0 aliphatic rings. The maximum absolute atomic E-state index is 11.8. The average molecular weight is 371 g/mol. The first-order valence-electron chi connectivity index (χ1n) is 7.83. The largest absolute Gasteiger partial charge is 0.482 e. The van der Waals surface area contributed by atoms with E-state index < -0.39 is 24.5 Å². The van der Waals surface area contributed by atoms with Crippen molar-refractivity contribution in [3.05, 3.63) is 59.7 Å². The van der Waals surface area contributed by atoms with Gasteiger partial charge < -0.3 is 19.5 Å². The molecule has 0 aliphatic carbocycles. The molecular weight excluding hydrogens is 354 g/mol. The lowest BCUT2D eigenvalue weighted by atomic mass is 10.2. The first-order chi connectivity index (χ1) is 13.0. The number of hydrogen-bond donors (Lipinski definition) is 1. The highest BCUT2D eigenvalue weighted by Gasteiger charge is 2.10. The van der Waals surface area contributed by atoms with E-state index in [4.69, 9.17) is 9.47 Å². The molecule has 27 heavy (non-hydrogen) atoms. The van der Waals surface area contributed by atoms with Crippen LogP contribution < -0.4 is 10.1 Å². The molecule has 0 radical (unpaired) electrons. The molecule has 1 amide bonds. The second-order valence-corrected chi connectivity index (χ2v) is 5.25. The zero-order chi connectivity index (χ0) is 19.6. The van der Waals surface area contributed by atoms with Gasteiger partial charge >= 0.3 is 11.9 Å². The monoisotopic (exact) mass is 371 g/mol. The van der Waals surface area contributed by atoms with Gasteiger partial charge in [0.05, 0.1) is 12.7 Å². The Balaban J connectivity index is 1.73. The number of methoxy groups -OCH3 is 1. The van der Waals surface area contributed by atoms with Crippen molar-refractivity contribution in [2.45, 2.75) is 0 Å². The van der Waals surface area contributed by atoms with Crippen LogP contribution in [-0.4, -0.2) is 44.5 Å². The molecule has 1 N–H and O–H groups in total. The van der Waals surface area contributed by atoms with Gasteiger partial charge in [-0.25, -0.2) is 9.59 Å². The SMILES string of the molecule is COC(=O)c1ccc(NC(=O)COC(=O)COc2ccc(C=O)cc2)cc1. The van der Waals surface area contributed by atoms with E-state index in [1.54, 1.807) is 24.3 Å². The van der Waals surface area contributed by atoms with Crippen molar-refractivity contribution in [3.63, 3.8) is 0 Å². The number of carbonyl (C=O) groups is 4. The summed E-state index contributed by atoms with van der Waals surface area (Å²) in [6.45, 7) is -0.855. The molecular formula is C19H17NO7. The van der Waals surface area contributed by atoms with Gasteiger partial charge in [-0.05, 0) is 48.5 Å². The zero-order valence-corrected chi connectivity index (χ0v) is 14.5. The molecule has 2 aromatic rings. The fraction of sp³-hybridized carbons (Fsp3) is 0.158. The summed E-state index contributed by atoms with van der Waals surface area (Å²) in [5.74, 6) is -1.34. The second-order valence-electron chi connectivity index (χ2n) is 5.25. The van der Waals surface area contributed by atoms with Gasteiger partial charge in [0.15, 0.2) is 13.2 Å². The molecule has 0 unspecified atom stereocenters. The predicted molar refractivity (Wildman–Crippen MR) is 94.7 cm³/mol. The highest BCUT2D eigenvalue weighted by Crippen LogP contribution is 2.11. The van der Waals surface area contributed by atoms with Gasteiger partial charge in [0.2, 0.25) is 0 Å². The van der Waals surface area contributed by atoms with Crippen molar-refractivity contribution in [3.8, 4) is 5.75 Å². The van der Waals surface area contributed by atoms with Gasteiger partial charge in [0.25, 0.3) is 5.91 Å². The van der Waals surface area contributed by atoms with Gasteiger partial charge in [-0.15, -0.1) is 0 Å². The Hall–Kier alpha value is -3.68. The highest BCUT2D eigenvalue weighted by molar-refractivity contribution is 5.94. The molecule has 0 fully saturated rings. The number of carbonyl (C=O) groups excluding carboxylic acids is 4. The van der Waals surface area contributed by atoms with E-state index in [2.05, 4.69) is 10.1 Å². The summed E-state index contributed by atoms with van der Waals surface area (Å²) >= 11 is 0. The van der Waals surface area contributed by atoms with Crippen LogP contribution in [0.2, 0.25) is 0 Å². The Labute approximate surface area is 155 Å². The standard InChI is InChI=1S/C19H17NO7/c1-25-19(24)14-4-6-15(7-5-14)20-17(22)11-27-18(23)12-26-16-8-2-13(10-21)3-9-16/h2-10H,11-12H2,1H3,(H,20,22). The lowest BCUT2D eigenvalue weighted by Crippen LogP contribution is -2.23. The Morgan fingerprint density at radius 3 is 2.22 bits per heavy atom. The number of amides is 1. The Morgan fingerprint density at radius 1 is 0.963 bits per heavy atom. The minimum atomic E-state index is -0.717. The van der Waals surface area contributed by atoms with E-state index in [0.717, 1.165) is 0 Å². The fourth-order valence-electron chi connectivity index (χ4n) is 1.98. The van der Waals surface area contributed by atoms with Gasteiger partial charge in [-0.2, -0.15) is 0 Å². The van der Waals surface area contributed by atoms with Crippen LogP contribution in [0.1, 0.15) is 20.7 Å². The third-order valence-corrected chi connectivity index (χ3v) is 3.33. The molecule has 140 valence electrons. The smallest absolute Gasteiger partial charge is 0.344 e. The topological polar surface area (TPSA) is 108 Å². The summed E-state index contributed by atoms with van der Waals surface area (Å²) in [6, 6.07) is 12.2. The van der Waals surface area contributed by atoms with Crippen LogP contribution in [0.5, 0.6) is 5.75 Å². The van der Waals surface area contributed by atoms with Crippen LogP contribution in [0, 0.1) is 0 Å². The Kier molecular flexibility index (Phi) is 7.07. The van der Waals surface area contributed by atoms with Crippen molar-refractivity contribution >= 4 is 29.8 Å². The molecule has 0 saturated heterocycles. The van der Waals surface area contributed by atoms with Crippen LogP contribution >= 0.6 is 0 Å². The van der Waals surface area contributed by atoms with Crippen molar-refractivity contribution < 1.29 is 33.4 Å². The number of anilines is 1. The summed E-state index contributed by atoms with van der Waals surface area (Å²) in [4.78, 5) is 45.3. The molecule has 8 nitrogen and oxygen atoms in total. The third kappa shape index (κ3) is 6.28. The van der Waals surface area contributed by atoms with Gasteiger partial charge in [-0.1, -0.05) is 0 Å². The lowest BCUT2D eigenvalue weighted by Gasteiger charge is -2.08. The van der Waals surface area contributed by atoms with Crippen molar-refractivity contribution in [1.82, 2.24) is 0 Å². The van der Waals surface area contributed by atoms with E-state index in [1.165, 1.54) is 31.4 Å². The minimum Gasteiger partial charge on any atom is -0.482 e.